The van der Waals surface area contributed by atoms with Gasteiger partial charge in [0.05, 0.1) is 10.8 Å². The van der Waals surface area contributed by atoms with Crippen molar-refractivity contribution in [3.05, 3.63) is 131 Å². The van der Waals surface area contributed by atoms with Crippen molar-refractivity contribution in [1.82, 2.24) is 19.6 Å². The minimum absolute atomic E-state index is 0.0914. The van der Waals surface area contributed by atoms with E-state index in [1.54, 1.807) is 23.9 Å². The van der Waals surface area contributed by atoms with Crippen LogP contribution in [0.25, 0.3) is 0 Å². The second kappa shape index (κ2) is 10.9. The average molecular weight is 693 g/mol. The Morgan fingerprint density at radius 3 is 1.29 bits per heavy atom. The summed E-state index contributed by atoms with van der Waals surface area (Å²) in [6, 6.07) is 33.2. The van der Waals surface area contributed by atoms with Crippen LogP contribution in [0.1, 0.15) is 35.1 Å². The van der Waals surface area contributed by atoms with Gasteiger partial charge in [-0.2, -0.15) is 0 Å². The van der Waals surface area contributed by atoms with Gasteiger partial charge in [-0.15, -0.1) is 0 Å². The molecule has 6 heterocycles. The maximum atomic E-state index is 14.9. The van der Waals surface area contributed by atoms with Crippen molar-refractivity contribution < 1.29 is 19.2 Å². The zero-order valence-corrected chi connectivity index (χ0v) is 29.1. The predicted octanol–water partition coefficient (Wildman–Crippen LogP) is 3.73. The maximum absolute atomic E-state index is 14.9. The first-order valence-electron chi connectivity index (χ1n) is 18.2. The van der Waals surface area contributed by atoms with E-state index in [1.165, 1.54) is 0 Å². The number of hydrogen-bond donors (Lipinski definition) is 2. The van der Waals surface area contributed by atoms with Crippen LogP contribution in [-0.4, -0.2) is 93.8 Å². The van der Waals surface area contributed by atoms with Crippen LogP contribution in [0.5, 0.6) is 0 Å². The first-order valence-corrected chi connectivity index (χ1v) is 18.2. The number of fused-ring (bicyclic) bond motifs is 11. The molecule has 0 bridgehead atoms. The molecule has 262 valence electrons. The lowest BCUT2D eigenvalue weighted by molar-refractivity contribution is -0.159. The Morgan fingerprint density at radius 1 is 0.519 bits per heavy atom. The zero-order chi connectivity index (χ0) is 35.5. The van der Waals surface area contributed by atoms with Crippen molar-refractivity contribution in [3.8, 4) is 0 Å². The summed E-state index contributed by atoms with van der Waals surface area (Å²) in [6.07, 6.45) is 0.352. The number of amides is 4. The summed E-state index contributed by atoms with van der Waals surface area (Å²) in [5.41, 5.74) is 4.07. The normalized spacial score (nSPS) is 32.5. The second-order valence-electron chi connectivity index (χ2n) is 15.4. The van der Waals surface area contributed by atoms with Gasteiger partial charge in [0.2, 0.25) is 23.6 Å². The topological polar surface area (TPSA) is 105 Å². The van der Waals surface area contributed by atoms with Crippen LogP contribution in [0.15, 0.2) is 109 Å². The highest BCUT2D eigenvalue weighted by Gasteiger charge is 2.78. The number of benzene rings is 4. The van der Waals surface area contributed by atoms with Crippen LogP contribution in [0, 0.1) is 0 Å². The van der Waals surface area contributed by atoms with E-state index in [4.69, 9.17) is 0 Å². The standard InChI is InChI=1S/C42H40N6O4/c1-45-31(21-25-13-5-3-6-14-25)37(51)47-33(35(45)49)23-41(27-17-9-11-19-29(27)43-39(41)47)42-24-34-36(50)46(2)32(22-26-15-7-4-8-16-26)38(52)48(34)40(42)44-30-20-12-10-18-28(30)42/h3-20,31-34,39-40,43-44H,21-24H2,1-2H3/t31?,32?,33?,34?,39?,40?,41-,42-/m1/s1. The highest BCUT2D eigenvalue weighted by Crippen LogP contribution is 2.69. The number of nitrogens with one attached hydrogen (secondary N) is 2. The largest absolute Gasteiger partial charge is 0.364 e. The number of piperazine rings is 2. The fourth-order valence-electron chi connectivity index (χ4n) is 10.9. The number of rotatable bonds is 5. The number of nitrogens with zero attached hydrogens (tertiary/aromatic N) is 4. The molecule has 6 aliphatic rings. The molecule has 0 spiro atoms. The van der Waals surface area contributed by atoms with Crippen molar-refractivity contribution >= 4 is 35.0 Å². The number of hydrogen-bond acceptors (Lipinski definition) is 6. The number of likely N-dealkylation sites (N-methyl/N-ethyl adjacent to an activating group) is 2. The van der Waals surface area contributed by atoms with Gasteiger partial charge in [-0.05, 0) is 47.2 Å². The van der Waals surface area contributed by atoms with Crippen molar-refractivity contribution in [2.75, 3.05) is 24.7 Å². The number of anilines is 2. The molecule has 10 rings (SSSR count). The minimum atomic E-state index is -0.863. The van der Waals surface area contributed by atoms with Gasteiger partial charge in [-0.25, -0.2) is 0 Å². The Labute approximate surface area is 302 Å². The molecule has 4 amide bonds. The molecule has 2 N–H and O–H groups in total. The van der Waals surface area contributed by atoms with E-state index in [9.17, 15) is 19.2 Å². The fraction of sp³-hybridized carbons (Fsp3) is 0.333. The first kappa shape index (κ1) is 31.1. The van der Waals surface area contributed by atoms with Crippen molar-refractivity contribution in [2.24, 2.45) is 0 Å². The smallest absolute Gasteiger partial charge is 0.248 e. The second-order valence-corrected chi connectivity index (χ2v) is 15.4. The van der Waals surface area contributed by atoms with Gasteiger partial charge in [0, 0.05) is 38.3 Å². The molecular weight excluding hydrogens is 652 g/mol. The minimum Gasteiger partial charge on any atom is -0.364 e. The van der Waals surface area contributed by atoms with E-state index in [0.29, 0.717) is 25.7 Å². The van der Waals surface area contributed by atoms with Crippen LogP contribution < -0.4 is 10.6 Å². The Morgan fingerprint density at radius 2 is 0.885 bits per heavy atom. The molecule has 4 aromatic rings. The number of carbonyl (C=O) groups is 4. The van der Waals surface area contributed by atoms with Crippen LogP contribution in [0.4, 0.5) is 11.4 Å². The lowest BCUT2D eigenvalue weighted by Gasteiger charge is -2.48. The number of para-hydroxylation sites is 2. The van der Waals surface area contributed by atoms with Crippen molar-refractivity contribution in [2.45, 2.75) is 73.0 Å². The zero-order valence-electron chi connectivity index (χ0n) is 29.1. The van der Waals surface area contributed by atoms with E-state index in [1.807, 2.05) is 107 Å². The summed E-state index contributed by atoms with van der Waals surface area (Å²) in [5.74, 6) is -0.376. The molecule has 6 aliphatic heterocycles. The van der Waals surface area contributed by atoms with Crippen LogP contribution in [-0.2, 0) is 42.8 Å². The van der Waals surface area contributed by atoms with Crippen LogP contribution >= 0.6 is 0 Å². The summed E-state index contributed by atoms with van der Waals surface area (Å²) in [4.78, 5) is 65.9. The van der Waals surface area contributed by atoms with Gasteiger partial charge in [0.1, 0.15) is 36.5 Å². The van der Waals surface area contributed by atoms with Gasteiger partial charge in [0.15, 0.2) is 0 Å². The van der Waals surface area contributed by atoms with E-state index in [2.05, 4.69) is 22.8 Å². The lowest BCUT2D eigenvalue weighted by atomic mass is 9.54. The molecule has 8 atom stereocenters. The summed E-state index contributed by atoms with van der Waals surface area (Å²) in [6.45, 7) is 0. The molecule has 0 aliphatic carbocycles. The number of carbonyl (C=O) groups excluding carboxylic acids is 4. The highest BCUT2D eigenvalue weighted by atomic mass is 16.2. The van der Waals surface area contributed by atoms with E-state index in [0.717, 1.165) is 33.6 Å². The SMILES string of the molecule is CN1C(=O)C2C[C@@]3([C@@]45CC6C(=O)N(C)C(Cc7ccccc7)C(=O)N6C4Nc4ccccc45)c4ccccc4NC3N2C(=O)C1Cc1ccccc1. The van der Waals surface area contributed by atoms with Crippen molar-refractivity contribution in [3.63, 3.8) is 0 Å². The Kier molecular flexibility index (Phi) is 6.54. The van der Waals surface area contributed by atoms with Gasteiger partial charge in [-0.3, -0.25) is 19.2 Å². The third-order valence-electron chi connectivity index (χ3n) is 13.2. The lowest BCUT2D eigenvalue weighted by Crippen LogP contribution is -2.67. The molecule has 0 radical (unpaired) electrons. The Hall–Kier alpha value is -5.64. The summed E-state index contributed by atoms with van der Waals surface area (Å²) in [7, 11) is 3.49. The van der Waals surface area contributed by atoms with Crippen LogP contribution in [0.3, 0.4) is 0 Å². The third kappa shape index (κ3) is 3.84. The molecule has 4 aromatic carbocycles. The first-order chi connectivity index (χ1) is 25.3. The molecule has 52 heavy (non-hydrogen) atoms. The van der Waals surface area contributed by atoms with E-state index < -0.39 is 47.3 Å². The van der Waals surface area contributed by atoms with Gasteiger partial charge in [-0.1, -0.05) is 97.1 Å². The molecule has 4 saturated heterocycles. The monoisotopic (exact) mass is 692 g/mol. The maximum Gasteiger partial charge on any atom is 0.248 e. The molecule has 0 aromatic heterocycles. The van der Waals surface area contributed by atoms with Gasteiger partial charge < -0.3 is 30.2 Å². The molecule has 10 nitrogen and oxygen atoms in total. The summed E-state index contributed by atoms with van der Waals surface area (Å²) < 4.78 is 0. The summed E-state index contributed by atoms with van der Waals surface area (Å²) >= 11 is 0. The van der Waals surface area contributed by atoms with E-state index >= 15 is 0 Å². The van der Waals surface area contributed by atoms with Crippen molar-refractivity contribution in [1.29, 1.82) is 0 Å². The van der Waals surface area contributed by atoms with Crippen LogP contribution in [0.2, 0.25) is 0 Å². The molecule has 0 saturated carbocycles. The highest BCUT2D eigenvalue weighted by molar-refractivity contribution is 6.01. The quantitative estimate of drug-likeness (QED) is 0.331. The Balaban J connectivity index is 1.14. The van der Waals surface area contributed by atoms with Gasteiger partial charge in [0.25, 0.3) is 0 Å². The third-order valence-corrected chi connectivity index (χ3v) is 13.2. The summed E-state index contributed by atoms with van der Waals surface area (Å²) in [5, 5.41) is 7.53. The Bertz CT molecular complexity index is 2010. The predicted molar refractivity (Wildman–Crippen MR) is 195 cm³/mol. The molecular formula is C42H40N6O4. The fourth-order valence-corrected chi connectivity index (χ4v) is 10.9. The van der Waals surface area contributed by atoms with E-state index in [-0.39, 0.29) is 23.6 Å². The molecule has 10 heteroatoms. The average Bonchev–Trinajstić information content (AvgIpc) is 3.88. The molecule has 6 unspecified atom stereocenters. The van der Waals surface area contributed by atoms with Gasteiger partial charge >= 0.3 is 0 Å². The molecule has 4 fully saturated rings.